The van der Waals surface area contributed by atoms with Crippen molar-refractivity contribution in [1.82, 2.24) is 0 Å². The quantitative estimate of drug-likeness (QED) is 0.591. The minimum absolute atomic E-state index is 0.273. The Morgan fingerprint density at radius 3 is 2.62 bits per heavy atom. The van der Waals surface area contributed by atoms with Crippen molar-refractivity contribution in [2.45, 2.75) is 38.2 Å². The van der Waals surface area contributed by atoms with E-state index in [1.807, 2.05) is 31.1 Å². The molecule has 1 saturated carbocycles. The zero-order valence-electron chi connectivity index (χ0n) is 12.5. The SMILES string of the molecule is CN(C)c1c(N=CC=O)cc(Br)cc1OC1CCCCC1. The third kappa shape index (κ3) is 4.30. The first kappa shape index (κ1) is 16.0. The summed E-state index contributed by atoms with van der Waals surface area (Å²) in [7, 11) is 3.91. The number of aliphatic imine (C=N–C) groups is 1. The van der Waals surface area contributed by atoms with Gasteiger partial charge in [0.15, 0.2) is 6.29 Å². The van der Waals surface area contributed by atoms with Gasteiger partial charge in [-0.2, -0.15) is 0 Å². The minimum Gasteiger partial charge on any atom is -0.488 e. The summed E-state index contributed by atoms with van der Waals surface area (Å²) in [5.41, 5.74) is 1.63. The first-order valence-corrected chi connectivity index (χ1v) is 8.06. The van der Waals surface area contributed by atoms with Crippen molar-refractivity contribution in [2.75, 3.05) is 19.0 Å². The van der Waals surface area contributed by atoms with E-state index in [4.69, 9.17) is 4.74 Å². The number of carbonyl (C=O) groups is 1. The average molecular weight is 353 g/mol. The van der Waals surface area contributed by atoms with Gasteiger partial charge in [-0.25, -0.2) is 0 Å². The lowest BCUT2D eigenvalue weighted by atomic mass is 9.98. The lowest BCUT2D eigenvalue weighted by Crippen LogP contribution is -2.21. The molecule has 4 nitrogen and oxygen atoms in total. The van der Waals surface area contributed by atoms with Gasteiger partial charge < -0.3 is 9.64 Å². The summed E-state index contributed by atoms with van der Waals surface area (Å²) in [6.07, 6.45) is 8.18. The lowest BCUT2D eigenvalue weighted by molar-refractivity contribution is -0.102. The number of rotatable bonds is 5. The van der Waals surface area contributed by atoms with Crippen LogP contribution < -0.4 is 9.64 Å². The molecular formula is C16H21BrN2O2. The van der Waals surface area contributed by atoms with Gasteiger partial charge in [-0.3, -0.25) is 9.79 Å². The Labute approximate surface area is 134 Å². The number of hydrogen-bond acceptors (Lipinski definition) is 4. The fraction of sp³-hybridized carbons (Fsp3) is 0.500. The van der Waals surface area contributed by atoms with E-state index in [2.05, 4.69) is 20.9 Å². The summed E-state index contributed by atoms with van der Waals surface area (Å²) in [6, 6.07) is 3.87. The number of anilines is 1. The summed E-state index contributed by atoms with van der Waals surface area (Å²) in [6.45, 7) is 0. The monoisotopic (exact) mass is 352 g/mol. The van der Waals surface area contributed by atoms with Crippen LogP contribution in [-0.4, -0.2) is 32.7 Å². The summed E-state index contributed by atoms with van der Waals surface area (Å²) in [4.78, 5) is 16.7. The van der Waals surface area contributed by atoms with Crippen LogP contribution in [0.1, 0.15) is 32.1 Å². The number of carbonyl (C=O) groups excluding carboxylic acids is 1. The molecule has 0 unspecified atom stereocenters. The van der Waals surface area contributed by atoms with Gasteiger partial charge in [0.1, 0.15) is 11.4 Å². The molecule has 0 bridgehead atoms. The standard InChI is InChI=1S/C16H21BrN2O2/c1-19(2)16-14(18-8-9-20)10-12(17)11-15(16)21-13-6-4-3-5-7-13/h8-11,13H,3-7H2,1-2H3. The third-order valence-corrected chi connectivity index (χ3v) is 4.04. The molecule has 1 aromatic carbocycles. The number of aldehydes is 1. The van der Waals surface area contributed by atoms with Gasteiger partial charge in [-0.1, -0.05) is 22.4 Å². The number of halogens is 1. The Balaban J connectivity index is 2.35. The molecule has 2 rings (SSSR count). The van der Waals surface area contributed by atoms with Gasteiger partial charge in [0.05, 0.1) is 18.0 Å². The molecule has 114 valence electrons. The average Bonchev–Trinajstić information content (AvgIpc) is 2.45. The third-order valence-electron chi connectivity index (χ3n) is 3.59. The summed E-state index contributed by atoms with van der Waals surface area (Å²) < 4.78 is 7.12. The van der Waals surface area contributed by atoms with Gasteiger partial charge in [0, 0.05) is 18.6 Å². The summed E-state index contributed by atoms with van der Waals surface area (Å²) >= 11 is 3.49. The largest absolute Gasteiger partial charge is 0.488 e. The maximum atomic E-state index is 10.5. The van der Waals surface area contributed by atoms with E-state index in [0.717, 1.165) is 34.4 Å². The summed E-state index contributed by atoms with van der Waals surface area (Å²) in [5.74, 6) is 0.819. The predicted molar refractivity (Wildman–Crippen MR) is 90.2 cm³/mol. The van der Waals surface area contributed by atoms with Crippen LogP contribution in [-0.2, 0) is 4.79 Å². The molecular weight excluding hydrogens is 332 g/mol. The molecule has 1 aromatic rings. The van der Waals surface area contributed by atoms with Crippen LogP contribution in [0.3, 0.4) is 0 Å². The van der Waals surface area contributed by atoms with Crippen LogP contribution in [0, 0.1) is 0 Å². The maximum Gasteiger partial charge on any atom is 0.161 e. The topological polar surface area (TPSA) is 41.9 Å². The molecule has 0 saturated heterocycles. The lowest BCUT2D eigenvalue weighted by Gasteiger charge is -2.27. The molecule has 1 aliphatic carbocycles. The molecule has 0 aliphatic heterocycles. The molecule has 0 spiro atoms. The minimum atomic E-state index is 0.273. The Morgan fingerprint density at radius 1 is 1.29 bits per heavy atom. The first-order chi connectivity index (χ1) is 10.1. The van der Waals surface area contributed by atoms with Gasteiger partial charge in [0.25, 0.3) is 0 Å². The van der Waals surface area contributed by atoms with E-state index in [1.54, 1.807) is 0 Å². The molecule has 0 radical (unpaired) electrons. The Hall–Kier alpha value is -1.36. The van der Waals surface area contributed by atoms with E-state index in [-0.39, 0.29) is 6.10 Å². The van der Waals surface area contributed by atoms with Gasteiger partial charge >= 0.3 is 0 Å². The van der Waals surface area contributed by atoms with Crippen molar-refractivity contribution >= 4 is 39.8 Å². The van der Waals surface area contributed by atoms with Gasteiger partial charge in [-0.15, -0.1) is 0 Å². The zero-order chi connectivity index (χ0) is 15.2. The summed E-state index contributed by atoms with van der Waals surface area (Å²) in [5, 5.41) is 0. The molecule has 0 aromatic heterocycles. The van der Waals surface area contributed by atoms with Crippen LogP contribution in [0.5, 0.6) is 5.75 Å². The van der Waals surface area contributed by atoms with E-state index in [1.165, 1.54) is 25.5 Å². The van der Waals surface area contributed by atoms with Crippen molar-refractivity contribution in [3.05, 3.63) is 16.6 Å². The van der Waals surface area contributed by atoms with Crippen molar-refractivity contribution < 1.29 is 9.53 Å². The van der Waals surface area contributed by atoms with E-state index in [9.17, 15) is 4.79 Å². The number of nitrogens with zero attached hydrogens (tertiary/aromatic N) is 2. The molecule has 1 aliphatic rings. The second-order valence-corrected chi connectivity index (χ2v) is 6.37. The predicted octanol–water partition coefficient (Wildman–Crippen LogP) is 4.13. The smallest absolute Gasteiger partial charge is 0.161 e. The van der Waals surface area contributed by atoms with Crippen molar-refractivity contribution in [1.29, 1.82) is 0 Å². The Morgan fingerprint density at radius 2 is 2.00 bits per heavy atom. The molecule has 21 heavy (non-hydrogen) atoms. The normalized spacial score (nSPS) is 16.1. The fourth-order valence-electron chi connectivity index (χ4n) is 2.67. The first-order valence-electron chi connectivity index (χ1n) is 7.27. The highest BCUT2D eigenvalue weighted by molar-refractivity contribution is 9.10. The molecule has 1 fully saturated rings. The van der Waals surface area contributed by atoms with Crippen LogP contribution in [0.15, 0.2) is 21.6 Å². The highest BCUT2D eigenvalue weighted by Gasteiger charge is 2.19. The van der Waals surface area contributed by atoms with Crippen molar-refractivity contribution in [2.24, 2.45) is 4.99 Å². The van der Waals surface area contributed by atoms with E-state index in [0.29, 0.717) is 6.29 Å². The van der Waals surface area contributed by atoms with Gasteiger partial charge in [-0.05, 0) is 37.8 Å². The number of hydrogen-bond donors (Lipinski definition) is 0. The van der Waals surface area contributed by atoms with Crippen molar-refractivity contribution in [3.63, 3.8) is 0 Å². The maximum absolute atomic E-state index is 10.5. The Kier molecular flexibility index (Phi) is 5.79. The molecule has 0 atom stereocenters. The number of benzene rings is 1. The molecule has 0 heterocycles. The van der Waals surface area contributed by atoms with Gasteiger partial charge in [0.2, 0.25) is 0 Å². The van der Waals surface area contributed by atoms with Crippen molar-refractivity contribution in [3.8, 4) is 5.75 Å². The van der Waals surface area contributed by atoms with Crippen LogP contribution in [0.4, 0.5) is 11.4 Å². The highest BCUT2D eigenvalue weighted by Crippen LogP contribution is 2.41. The number of ether oxygens (including phenoxy) is 1. The molecule has 0 N–H and O–H groups in total. The second kappa shape index (κ2) is 7.59. The van der Waals surface area contributed by atoms with E-state index < -0.39 is 0 Å². The Bertz CT molecular complexity index is 523. The van der Waals surface area contributed by atoms with Crippen LogP contribution >= 0.6 is 15.9 Å². The van der Waals surface area contributed by atoms with Crippen LogP contribution in [0.2, 0.25) is 0 Å². The second-order valence-electron chi connectivity index (χ2n) is 5.46. The fourth-order valence-corrected chi connectivity index (χ4v) is 3.10. The molecule has 0 amide bonds. The highest BCUT2D eigenvalue weighted by atomic mass is 79.9. The van der Waals surface area contributed by atoms with E-state index >= 15 is 0 Å². The zero-order valence-corrected chi connectivity index (χ0v) is 14.1. The van der Waals surface area contributed by atoms with Crippen LogP contribution in [0.25, 0.3) is 0 Å². The molecule has 5 heteroatoms.